The van der Waals surface area contributed by atoms with Gasteiger partial charge in [0.2, 0.25) is 0 Å². The van der Waals surface area contributed by atoms with Crippen molar-refractivity contribution < 1.29 is 15.1 Å². The molecule has 0 aliphatic carbocycles. The maximum Gasteiger partial charge on any atom is 0.307 e. The first-order valence-corrected chi connectivity index (χ1v) is 3.35. The van der Waals surface area contributed by atoms with E-state index in [-0.39, 0.29) is 13.1 Å². The van der Waals surface area contributed by atoms with Crippen LogP contribution >= 0.6 is 0 Å². The molecule has 4 nitrogen and oxygen atoms in total. The van der Waals surface area contributed by atoms with Crippen LogP contribution in [-0.2, 0) is 4.79 Å². The standard InChI is InChI=1S/C7H13NO3/c1-3-4-8(11)5-6(2)7(9)10/h3,6,11H,1,4-5H2,2H3,(H,9,10). The Kier molecular flexibility index (Phi) is 4.49. The van der Waals surface area contributed by atoms with Crippen LogP contribution in [0.4, 0.5) is 0 Å². The van der Waals surface area contributed by atoms with Crippen LogP contribution in [0, 0.1) is 5.92 Å². The van der Waals surface area contributed by atoms with Gasteiger partial charge in [-0.05, 0) is 0 Å². The molecule has 0 aromatic heterocycles. The van der Waals surface area contributed by atoms with Gasteiger partial charge in [0, 0.05) is 13.1 Å². The summed E-state index contributed by atoms with van der Waals surface area (Å²) in [6, 6.07) is 0. The van der Waals surface area contributed by atoms with Crippen LogP contribution in [0.25, 0.3) is 0 Å². The number of hydrogen-bond donors (Lipinski definition) is 2. The van der Waals surface area contributed by atoms with Gasteiger partial charge in [-0.3, -0.25) is 4.79 Å². The molecule has 0 bridgehead atoms. The van der Waals surface area contributed by atoms with Crippen molar-refractivity contribution in [3.8, 4) is 0 Å². The zero-order chi connectivity index (χ0) is 8.85. The summed E-state index contributed by atoms with van der Waals surface area (Å²) in [5, 5.41) is 18.3. The Morgan fingerprint density at radius 2 is 2.36 bits per heavy atom. The van der Waals surface area contributed by atoms with Crippen LogP contribution in [0.1, 0.15) is 6.92 Å². The van der Waals surface area contributed by atoms with Gasteiger partial charge in [0.05, 0.1) is 5.92 Å². The fourth-order valence-electron chi connectivity index (χ4n) is 0.618. The van der Waals surface area contributed by atoms with Crippen LogP contribution in [0.3, 0.4) is 0 Å². The monoisotopic (exact) mass is 159 g/mol. The summed E-state index contributed by atoms with van der Waals surface area (Å²) in [7, 11) is 0. The number of nitrogens with zero attached hydrogens (tertiary/aromatic N) is 1. The lowest BCUT2D eigenvalue weighted by atomic mass is 10.2. The first-order valence-electron chi connectivity index (χ1n) is 3.35. The lowest BCUT2D eigenvalue weighted by Gasteiger charge is -2.14. The van der Waals surface area contributed by atoms with E-state index in [9.17, 15) is 4.79 Å². The number of carboxylic acid groups (broad SMARTS) is 1. The lowest BCUT2D eigenvalue weighted by Crippen LogP contribution is -2.29. The maximum absolute atomic E-state index is 10.3. The molecule has 0 spiro atoms. The number of hydroxylamine groups is 2. The van der Waals surface area contributed by atoms with Crippen molar-refractivity contribution in [1.82, 2.24) is 5.06 Å². The highest BCUT2D eigenvalue weighted by Crippen LogP contribution is 1.96. The summed E-state index contributed by atoms with van der Waals surface area (Å²) < 4.78 is 0. The summed E-state index contributed by atoms with van der Waals surface area (Å²) in [5.41, 5.74) is 0. The molecule has 64 valence electrons. The number of carboxylic acids is 1. The topological polar surface area (TPSA) is 60.8 Å². The van der Waals surface area contributed by atoms with E-state index < -0.39 is 11.9 Å². The number of hydrogen-bond acceptors (Lipinski definition) is 3. The molecule has 0 amide bonds. The molecule has 1 unspecified atom stereocenters. The van der Waals surface area contributed by atoms with E-state index in [1.807, 2.05) is 0 Å². The zero-order valence-electron chi connectivity index (χ0n) is 6.53. The van der Waals surface area contributed by atoms with Crippen molar-refractivity contribution >= 4 is 5.97 Å². The van der Waals surface area contributed by atoms with Crippen molar-refractivity contribution in [2.75, 3.05) is 13.1 Å². The molecule has 4 heteroatoms. The third kappa shape index (κ3) is 4.52. The lowest BCUT2D eigenvalue weighted by molar-refractivity contribution is -0.148. The van der Waals surface area contributed by atoms with Gasteiger partial charge < -0.3 is 10.3 Å². The Morgan fingerprint density at radius 3 is 2.73 bits per heavy atom. The van der Waals surface area contributed by atoms with Gasteiger partial charge >= 0.3 is 5.97 Å². The molecule has 0 saturated carbocycles. The second kappa shape index (κ2) is 4.87. The van der Waals surface area contributed by atoms with E-state index in [1.54, 1.807) is 0 Å². The highest BCUT2D eigenvalue weighted by Gasteiger charge is 2.13. The Hall–Kier alpha value is -0.870. The van der Waals surface area contributed by atoms with Gasteiger partial charge in [-0.15, -0.1) is 6.58 Å². The van der Waals surface area contributed by atoms with Crippen molar-refractivity contribution in [2.24, 2.45) is 5.92 Å². The van der Waals surface area contributed by atoms with E-state index >= 15 is 0 Å². The largest absolute Gasteiger partial charge is 0.481 e. The molecule has 11 heavy (non-hydrogen) atoms. The summed E-state index contributed by atoms with van der Waals surface area (Å²) >= 11 is 0. The highest BCUT2D eigenvalue weighted by molar-refractivity contribution is 5.69. The molecule has 0 rings (SSSR count). The minimum Gasteiger partial charge on any atom is -0.481 e. The van der Waals surface area contributed by atoms with E-state index in [0.29, 0.717) is 0 Å². The first-order chi connectivity index (χ1) is 5.07. The second-order valence-electron chi connectivity index (χ2n) is 2.40. The molecule has 0 aromatic rings. The predicted molar refractivity (Wildman–Crippen MR) is 40.4 cm³/mol. The normalized spacial score (nSPS) is 13.0. The van der Waals surface area contributed by atoms with E-state index in [0.717, 1.165) is 5.06 Å². The fraction of sp³-hybridized carbons (Fsp3) is 0.571. The highest BCUT2D eigenvalue weighted by atomic mass is 16.5. The summed E-state index contributed by atoms with van der Waals surface area (Å²) in [4.78, 5) is 10.3. The maximum atomic E-state index is 10.3. The van der Waals surface area contributed by atoms with Crippen LogP contribution < -0.4 is 0 Å². The van der Waals surface area contributed by atoms with Gasteiger partial charge in [0.25, 0.3) is 0 Å². The fourth-order valence-corrected chi connectivity index (χ4v) is 0.618. The number of aliphatic carboxylic acids is 1. The Bertz CT molecular complexity index is 147. The molecule has 0 aliphatic heterocycles. The van der Waals surface area contributed by atoms with Gasteiger partial charge in [0.1, 0.15) is 0 Å². The molecule has 0 heterocycles. The summed E-state index contributed by atoms with van der Waals surface area (Å²) in [6.45, 7) is 5.36. The van der Waals surface area contributed by atoms with Gasteiger partial charge in [-0.25, -0.2) is 0 Å². The second-order valence-corrected chi connectivity index (χ2v) is 2.40. The summed E-state index contributed by atoms with van der Waals surface area (Å²) in [6.07, 6.45) is 1.51. The molecule has 0 radical (unpaired) electrons. The molecule has 1 atom stereocenters. The molecule has 0 saturated heterocycles. The predicted octanol–water partition coefficient (Wildman–Crippen LogP) is 0.584. The average Bonchev–Trinajstić information content (AvgIpc) is 1.87. The Labute approximate surface area is 65.7 Å². The minimum atomic E-state index is -0.909. The van der Waals surface area contributed by atoms with Crippen molar-refractivity contribution in [1.29, 1.82) is 0 Å². The Balaban J connectivity index is 3.64. The van der Waals surface area contributed by atoms with Gasteiger partial charge in [-0.1, -0.05) is 13.0 Å². The van der Waals surface area contributed by atoms with Crippen molar-refractivity contribution in [3.63, 3.8) is 0 Å². The SMILES string of the molecule is C=CCN(O)CC(C)C(=O)O. The van der Waals surface area contributed by atoms with Crippen LogP contribution in [0.15, 0.2) is 12.7 Å². The minimum absolute atomic E-state index is 0.126. The molecular weight excluding hydrogens is 146 g/mol. The van der Waals surface area contributed by atoms with Crippen molar-refractivity contribution in [2.45, 2.75) is 6.92 Å². The van der Waals surface area contributed by atoms with Crippen molar-refractivity contribution in [3.05, 3.63) is 12.7 Å². The van der Waals surface area contributed by atoms with Gasteiger partial charge in [-0.2, -0.15) is 5.06 Å². The van der Waals surface area contributed by atoms with E-state index in [1.165, 1.54) is 13.0 Å². The van der Waals surface area contributed by atoms with Crippen LogP contribution in [0.5, 0.6) is 0 Å². The molecule has 0 fully saturated rings. The number of carbonyl (C=O) groups is 1. The quantitative estimate of drug-likeness (QED) is 0.455. The average molecular weight is 159 g/mol. The third-order valence-corrected chi connectivity index (χ3v) is 1.25. The third-order valence-electron chi connectivity index (χ3n) is 1.25. The first kappa shape index (κ1) is 10.1. The van der Waals surface area contributed by atoms with Crippen LogP contribution in [0.2, 0.25) is 0 Å². The van der Waals surface area contributed by atoms with Gasteiger partial charge in [0.15, 0.2) is 0 Å². The number of rotatable bonds is 5. The van der Waals surface area contributed by atoms with Crippen LogP contribution in [-0.4, -0.2) is 34.4 Å². The zero-order valence-corrected chi connectivity index (χ0v) is 6.53. The molecule has 0 aliphatic rings. The van der Waals surface area contributed by atoms with E-state index in [2.05, 4.69) is 6.58 Å². The summed E-state index contributed by atoms with van der Waals surface area (Å²) in [5.74, 6) is -1.46. The molecule has 2 N–H and O–H groups in total. The smallest absolute Gasteiger partial charge is 0.307 e. The Morgan fingerprint density at radius 1 is 1.82 bits per heavy atom. The molecular formula is C7H13NO3. The molecule has 0 aromatic carbocycles. The van der Waals surface area contributed by atoms with E-state index in [4.69, 9.17) is 10.3 Å².